The summed E-state index contributed by atoms with van der Waals surface area (Å²) in [5.74, 6) is 0.841. The second kappa shape index (κ2) is 8.81. The van der Waals surface area contributed by atoms with E-state index in [1.54, 1.807) is 0 Å². The van der Waals surface area contributed by atoms with Crippen LogP contribution in [0.1, 0.15) is 57.3 Å². The van der Waals surface area contributed by atoms with Crippen molar-refractivity contribution in [1.82, 2.24) is 0 Å². The maximum Gasteiger partial charge on any atom is 0.373 e. The molecule has 2 rings (SSSR count). The van der Waals surface area contributed by atoms with Crippen LogP contribution in [0.2, 0.25) is 12.1 Å². The first-order valence-corrected chi connectivity index (χ1v) is 11.9. The molecule has 0 heterocycles. The van der Waals surface area contributed by atoms with Gasteiger partial charge < -0.3 is 0 Å². The van der Waals surface area contributed by atoms with E-state index in [9.17, 15) is 4.79 Å². The number of benzene rings is 1. The Kier molecular flexibility index (Phi) is 7.02. The Labute approximate surface area is 153 Å². The van der Waals surface area contributed by atoms with Crippen molar-refractivity contribution in [3.63, 3.8) is 0 Å². The summed E-state index contributed by atoms with van der Waals surface area (Å²) in [6, 6.07) is 10.0. The number of carbonyl (C=O) groups is 1. The summed E-state index contributed by atoms with van der Waals surface area (Å²) < 4.78 is 0. The summed E-state index contributed by atoms with van der Waals surface area (Å²) >= 11 is 0. The van der Waals surface area contributed by atoms with Crippen molar-refractivity contribution < 1.29 is 14.6 Å². The molecule has 2 unspecified atom stereocenters. The second-order valence-corrected chi connectivity index (χ2v) is 12.0. The molecule has 0 N–H and O–H groups in total. The van der Waals surface area contributed by atoms with E-state index in [4.69, 9.17) is 9.78 Å². The second-order valence-electron chi connectivity index (χ2n) is 7.33. The monoisotopic (exact) mass is 359 g/mol. The van der Waals surface area contributed by atoms with Gasteiger partial charge in [-0.3, -0.25) is 4.89 Å². The highest BCUT2D eigenvalue weighted by Gasteiger charge is 2.29. The van der Waals surface area contributed by atoms with Crippen LogP contribution in [0.25, 0.3) is 0 Å². The van der Waals surface area contributed by atoms with Crippen LogP contribution in [0.15, 0.2) is 36.5 Å². The number of hydrogen-bond acceptors (Lipinski definition) is 3. The third-order valence-electron chi connectivity index (χ3n) is 5.98. The molecule has 1 aliphatic carbocycles. The summed E-state index contributed by atoms with van der Waals surface area (Å²) in [6.07, 6.45) is 3.71. The maximum atomic E-state index is 12.2. The van der Waals surface area contributed by atoms with E-state index >= 15 is 0 Å². The van der Waals surface area contributed by atoms with Gasteiger partial charge in [-0.2, -0.15) is 4.89 Å². The fraction of sp³-hybridized carbons (Fsp3) is 0.524. The quantitative estimate of drug-likeness (QED) is 0.382. The molecule has 137 valence electrons. The average Bonchev–Trinajstić information content (AvgIpc) is 2.65. The molecule has 0 aromatic heterocycles. The minimum atomic E-state index is -1.63. The van der Waals surface area contributed by atoms with Crippen molar-refractivity contribution in [2.45, 2.75) is 59.0 Å². The molecule has 0 aliphatic heterocycles. The van der Waals surface area contributed by atoms with Crippen LogP contribution < -0.4 is 5.19 Å². The number of carbonyl (C=O) groups excluding carboxylic acids is 1. The highest BCUT2D eigenvalue weighted by Crippen LogP contribution is 2.35. The molecule has 3 nitrogen and oxygen atoms in total. The van der Waals surface area contributed by atoms with Gasteiger partial charge in [0.1, 0.15) is 14.2 Å². The minimum Gasteiger partial charge on any atom is -0.292 e. The average molecular weight is 360 g/mol. The van der Waals surface area contributed by atoms with Gasteiger partial charge in [0.15, 0.2) is 0 Å². The lowest BCUT2D eigenvalue weighted by Gasteiger charge is -2.29. The van der Waals surface area contributed by atoms with Gasteiger partial charge in [-0.25, -0.2) is 4.79 Å². The first-order chi connectivity index (χ1) is 12.0. The number of hydrogen-bond donors (Lipinski definition) is 0. The van der Waals surface area contributed by atoms with Crippen molar-refractivity contribution in [1.29, 1.82) is 0 Å². The van der Waals surface area contributed by atoms with Gasteiger partial charge in [-0.1, -0.05) is 62.8 Å². The summed E-state index contributed by atoms with van der Waals surface area (Å²) in [4.78, 5) is 22.6. The molecular weight excluding hydrogens is 328 g/mol. The molecule has 25 heavy (non-hydrogen) atoms. The Bertz CT molecular complexity index is 577. The van der Waals surface area contributed by atoms with Crippen LogP contribution in [-0.2, 0) is 9.78 Å². The summed E-state index contributed by atoms with van der Waals surface area (Å²) in [5, 5.41) is 1.31. The highest BCUT2D eigenvalue weighted by molar-refractivity contribution is 6.95. The Hall–Kier alpha value is -1.39. The Balaban J connectivity index is 1.95. The maximum absolute atomic E-state index is 12.2. The molecule has 1 fully saturated rings. The van der Waals surface area contributed by atoms with Gasteiger partial charge in [0, 0.05) is 0 Å². The molecule has 1 saturated carbocycles. The SMILES string of the molecule is C=C[Si](CC)(CC)c1ccc(C(=O)OO[C]2CCC(C)C(C)C2)cc1. The minimum absolute atomic E-state index is 0.427. The molecule has 0 bridgehead atoms. The summed E-state index contributed by atoms with van der Waals surface area (Å²) in [5.41, 5.74) is 2.67. The van der Waals surface area contributed by atoms with Crippen LogP contribution in [0.3, 0.4) is 0 Å². The van der Waals surface area contributed by atoms with E-state index in [1.165, 1.54) is 5.19 Å². The van der Waals surface area contributed by atoms with Crippen molar-refractivity contribution in [3.8, 4) is 0 Å². The molecule has 1 aromatic carbocycles. The zero-order valence-corrected chi connectivity index (χ0v) is 17.0. The zero-order chi connectivity index (χ0) is 18.4. The Morgan fingerprint density at radius 2 is 1.84 bits per heavy atom. The van der Waals surface area contributed by atoms with Gasteiger partial charge in [0.2, 0.25) is 0 Å². The number of rotatable bonds is 7. The predicted octanol–water partition coefficient (Wildman–Crippen LogP) is 5.18. The van der Waals surface area contributed by atoms with Crippen LogP contribution in [0, 0.1) is 17.9 Å². The topological polar surface area (TPSA) is 35.5 Å². The molecule has 0 amide bonds. The first-order valence-electron chi connectivity index (χ1n) is 9.43. The molecule has 0 spiro atoms. The van der Waals surface area contributed by atoms with Gasteiger partial charge in [-0.15, -0.1) is 6.58 Å². The van der Waals surface area contributed by atoms with Crippen LogP contribution in [0.5, 0.6) is 0 Å². The third kappa shape index (κ3) is 4.62. The van der Waals surface area contributed by atoms with Crippen molar-refractivity contribution in [2.75, 3.05) is 0 Å². The predicted molar refractivity (Wildman–Crippen MR) is 105 cm³/mol. The third-order valence-corrected chi connectivity index (χ3v) is 10.8. The molecule has 1 aromatic rings. The highest BCUT2D eigenvalue weighted by atomic mass is 28.3. The fourth-order valence-corrected chi connectivity index (χ4v) is 6.52. The van der Waals surface area contributed by atoms with E-state index in [2.05, 4.69) is 52.1 Å². The lowest BCUT2D eigenvalue weighted by molar-refractivity contribution is -0.242. The fourth-order valence-electron chi connectivity index (χ4n) is 3.56. The van der Waals surface area contributed by atoms with Crippen LogP contribution in [-0.4, -0.2) is 14.0 Å². The van der Waals surface area contributed by atoms with Crippen LogP contribution in [0.4, 0.5) is 0 Å². The molecule has 2 atom stereocenters. The lowest BCUT2D eigenvalue weighted by atomic mass is 9.80. The first kappa shape index (κ1) is 19.9. The van der Waals surface area contributed by atoms with Crippen LogP contribution >= 0.6 is 0 Å². The molecule has 1 radical (unpaired) electrons. The van der Waals surface area contributed by atoms with E-state index < -0.39 is 14.0 Å². The van der Waals surface area contributed by atoms with Crippen molar-refractivity contribution in [3.05, 3.63) is 48.2 Å². The molecule has 0 saturated heterocycles. The van der Waals surface area contributed by atoms with Gasteiger partial charge in [-0.05, 0) is 43.2 Å². The van der Waals surface area contributed by atoms with E-state index in [0.29, 0.717) is 17.4 Å². The lowest BCUT2D eigenvalue weighted by Crippen LogP contribution is -2.44. The smallest absolute Gasteiger partial charge is 0.292 e. The Morgan fingerprint density at radius 1 is 1.20 bits per heavy atom. The normalized spacial score (nSPS) is 21.8. The molecular formula is C21H31O3Si. The zero-order valence-electron chi connectivity index (χ0n) is 16.0. The van der Waals surface area contributed by atoms with Gasteiger partial charge in [0.25, 0.3) is 0 Å². The molecule has 4 heteroatoms. The van der Waals surface area contributed by atoms with E-state index in [-0.39, 0.29) is 0 Å². The van der Waals surface area contributed by atoms with E-state index in [1.807, 2.05) is 12.1 Å². The van der Waals surface area contributed by atoms with Gasteiger partial charge in [0.05, 0.1) is 5.56 Å². The standard InChI is InChI=1S/C21H31O3Si/c1-6-25(7-2,8-3)20-13-10-18(11-14-20)21(22)24-23-19-12-9-16(4)17(5)15-19/h6,10-11,13-14,16-17H,1,7-9,12,15H2,2-5H3. The van der Waals surface area contributed by atoms with Crippen molar-refractivity contribution in [2.24, 2.45) is 11.8 Å². The Morgan fingerprint density at radius 3 is 2.36 bits per heavy atom. The summed E-state index contributed by atoms with van der Waals surface area (Å²) in [7, 11) is -1.63. The molecule has 1 aliphatic rings. The summed E-state index contributed by atoms with van der Waals surface area (Å²) in [6.45, 7) is 13.0. The van der Waals surface area contributed by atoms with Gasteiger partial charge >= 0.3 is 5.97 Å². The van der Waals surface area contributed by atoms with E-state index in [0.717, 1.165) is 37.5 Å². The largest absolute Gasteiger partial charge is 0.373 e. The van der Waals surface area contributed by atoms with Crippen molar-refractivity contribution >= 4 is 19.2 Å².